The van der Waals surface area contributed by atoms with Crippen LogP contribution in [0.25, 0.3) is 0 Å². The molecule has 1 N–H and O–H groups in total. The molecule has 2 aromatic heterocycles. The van der Waals surface area contributed by atoms with Crippen LogP contribution in [0.3, 0.4) is 0 Å². The zero-order valence-corrected chi connectivity index (χ0v) is 11.2. The van der Waals surface area contributed by atoms with E-state index in [2.05, 4.69) is 9.97 Å². The lowest BCUT2D eigenvalue weighted by Crippen LogP contribution is -2.03. The van der Waals surface area contributed by atoms with E-state index >= 15 is 0 Å². The van der Waals surface area contributed by atoms with E-state index in [4.69, 9.17) is 11.6 Å². The summed E-state index contributed by atoms with van der Waals surface area (Å²) in [7, 11) is 0. The summed E-state index contributed by atoms with van der Waals surface area (Å²) in [4.78, 5) is 9.69. The van der Waals surface area contributed by atoms with Crippen molar-refractivity contribution in [3.63, 3.8) is 0 Å². The molecule has 0 amide bonds. The van der Waals surface area contributed by atoms with E-state index in [9.17, 15) is 5.11 Å². The molecule has 3 nitrogen and oxygen atoms in total. The van der Waals surface area contributed by atoms with E-state index in [0.29, 0.717) is 17.1 Å². The smallest absolute Gasteiger partial charge is 0.102 e. The molecule has 0 bridgehead atoms. The molecule has 1 unspecified atom stereocenters. The Kier molecular flexibility index (Phi) is 3.76. The third-order valence-corrected chi connectivity index (χ3v) is 3.85. The summed E-state index contributed by atoms with van der Waals surface area (Å²) in [6.07, 6.45) is 1.41. The molecular formula is C12H13ClN2OS. The van der Waals surface area contributed by atoms with Crippen molar-refractivity contribution in [2.24, 2.45) is 0 Å². The molecule has 2 aromatic rings. The van der Waals surface area contributed by atoms with E-state index in [1.54, 1.807) is 29.7 Å². The molecule has 2 heterocycles. The topological polar surface area (TPSA) is 46.0 Å². The number of aliphatic hydroxyl groups excluding tert-OH is 1. The number of rotatable bonds is 3. The number of thiazole rings is 1. The van der Waals surface area contributed by atoms with Gasteiger partial charge in [0.15, 0.2) is 0 Å². The molecule has 2 rings (SSSR count). The Labute approximate surface area is 109 Å². The summed E-state index contributed by atoms with van der Waals surface area (Å²) in [6, 6.07) is 3.46. The van der Waals surface area contributed by atoms with Crippen molar-refractivity contribution < 1.29 is 5.11 Å². The summed E-state index contributed by atoms with van der Waals surface area (Å²) in [6.45, 7) is 4.01. The second-order valence-corrected chi connectivity index (χ2v) is 5.59. The first kappa shape index (κ1) is 12.5. The molecule has 0 saturated carbocycles. The molecule has 0 aliphatic carbocycles. The molecule has 0 aliphatic rings. The van der Waals surface area contributed by atoms with Crippen LogP contribution in [0, 0.1) is 13.8 Å². The van der Waals surface area contributed by atoms with Crippen LogP contribution in [0.2, 0.25) is 5.02 Å². The highest BCUT2D eigenvalue weighted by molar-refractivity contribution is 7.11. The predicted octanol–water partition coefficient (Wildman–Crippen LogP) is 3.08. The second kappa shape index (κ2) is 5.12. The fraction of sp³-hybridized carbons (Fsp3) is 0.333. The molecule has 0 aliphatic heterocycles. The summed E-state index contributed by atoms with van der Waals surface area (Å²) in [5.41, 5.74) is 1.65. The largest absolute Gasteiger partial charge is 0.386 e. The van der Waals surface area contributed by atoms with Gasteiger partial charge in [0.1, 0.15) is 6.10 Å². The minimum absolute atomic E-state index is 0.494. The standard InChI is InChI=1S/C12H13ClN2OS/c1-7-8(2)17-12(15-7)5-11(16)10-4-3-9(13)6-14-10/h3-4,6,11,16H,5H2,1-2H3. The second-order valence-electron chi connectivity index (χ2n) is 3.87. The number of aryl methyl sites for hydroxylation is 2. The van der Waals surface area contributed by atoms with Crippen molar-refractivity contribution in [3.05, 3.63) is 44.6 Å². The summed E-state index contributed by atoms with van der Waals surface area (Å²) in [5, 5.41) is 11.5. The monoisotopic (exact) mass is 268 g/mol. The van der Waals surface area contributed by atoms with Gasteiger partial charge >= 0.3 is 0 Å². The van der Waals surface area contributed by atoms with Crippen molar-refractivity contribution in [2.75, 3.05) is 0 Å². The molecule has 0 aromatic carbocycles. The summed E-state index contributed by atoms with van der Waals surface area (Å²) >= 11 is 7.36. The number of aromatic nitrogens is 2. The van der Waals surface area contributed by atoms with Crippen LogP contribution >= 0.6 is 22.9 Å². The van der Waals surface area contributed by atoms with Gasteiger partial charge in [-0.2, -0.15) is 0 Å². The first-order valence-corrected chi connectivity index (χ1v) is 6.48. The molecule has 17 heavy (non-hydrogen) atoms. The van der Waals surface area contributed by atoms with E-state index in [0.717, 1.165) is 10.7 Å². The SMILES string of the molecule is Cc1nc(CC(O)c2ccc(Cl)cn2)sc1C. The van der Waals surface area contributed by atoms with Gasteiger partial charge in [0.05, 0.1) is 21.4 Å². The fourth-order valence-electron chi connectivity index (χ4n) is 1.48. The fourth-order valence-corrected chi connectivity index (χ4v) is 2.56. The van der Waals surface area contributed by atoms with E-state index in [-0.39, 0.29) is 0 Å². The van der Waals surface area contributed by atoms with Crippen molar-refractivity contribution in [1.29, 1.82) is 0 Å². The quantitative estimate of drug-likeness (QED) is 0.931. The maximum atomic E-state index is 10.0. The number of halogens is 1. The zero-order valence-electron chi connectivity index (χ0n) is 9.64. The van der Waals surface area contributed by atoms with Gasteiger partial charge < -0.3 is 5.11 Å². The summed E-state index contributed by atoms with van der Waals surface area (Å²) in [5.74, 6) is 0. The maximum Gasteiger partial charge on any atom is 0.102 e. The molecule has 0 spiro atoms. The highest BCUT2D eigenvalue weighted by atomic mass is 35.5. The third-order valence-electron chi connectivity index (χ3n) is 2.53. The first-order valence-electron chi connectivity index (χ1n) is 5.28. The van der Waals surface area contributed by atoms with Crippen LogP contribution in [0.5, 0.6) is 0 Å². The first-order chi connectivity index (χ1) is 8.06. The minimum Gasteiger partial charge on any atom is -0.386 e. The van der Waals surface area contributed by atoms with Crippen molar-refractivity contribution in [2.45, 2.75) is 26.4 Å². The molecule has 90 valence electrons. The molecule has 0 radical (unpaired) electrons. The van der Waals surface area contributed by atoms with Crippen molar-refractivity contribution in [1.82, 2.24) is 9.97 Å². The lowest BCUT2D eigenvalue weighted by atomic mass is 10.2. The van der Waals surface area contributed by atoms with Crippen LogP contribution in [0.1, 0.15) is 27.4 Å². The Morgan fingerprint density at radius 1 is 1.41 bits per heavy atom. The third kappa shape index (κ3) is 3.03. The Morgan fingerprint density at radius 3 is 2.71 bits per heavy atom. The molecule has 5 heteroatoms. The maximum absolute atomic E-state index is 10.0. The van der Waals surface area contributed by atoms with Gasteiger partial charge in [-0.15, -0.1) is 11.3 Å². The van der Waals surface area contributed by atoms with Crippen LogP contribution in [-0.4, -0.2) is 15.1 Å². The Balaban J connectivity index is 2.11. The van der Waals surface area contributed by atoms with Gasteiger partial charge in [-0.25, -0.2) is 4.98 Å². The van der Waals surface area contributed by atoms with Crippen LogP contribution in [0.15, 0.2) is 18.3 Å². The van der Waals surface area contributed by atoms with Crippen molar-refractivity contribution in [3.8, 4) is 0 Å². The van der Waals surface area contributed by atoms with Gasteiger partial charge in [-0.05, 0) is 26.0 Å². The van der Waals surface area contributed by atoms with E-state index in [1.165, 1.54) is 4.88 Å². The average Bonchev–Trinajstić information content (AvgIpc) is 2.58. The minimum atomic E-state index is -0.628. The predicted molar refractivity (Wildman–Crippen MR) is 69.5 cm³/mol. The van der Waals surface area contributed by atoms with Crippen LogP contribution in [0.4, 0.5) is 0 Å². The molecule has 0 fully saturated rings. The van der Waals surface area contributed by atoms with Crippen LogP contribution < -0.4 is 0 Å². The lowest BCUT2D eigenvalue weighted by molar-refractivity contribution is 0.173. The Morgan fingerprint density at radius 2 is 2.18 bits per heavy atom. The number of hydrogen-bond acceptors (Lipinski definition) is 4. The molecule has 0 saturated heterocycles. The Hall–Kier alpha value is -0.970. The van der Waals surface area contributed by atoms with Crippen molar-refractivity contribution >= 4 is 22.9 Å². The van der Waals surface area contributed by atoms with Gasteiger partial charge in [0, 0.05) is 17.5 Å². The Bertz CT molecular complexity index is 490. The van der Waals surface area contributed by atoms with E-state index in [1.807, 2.05) is 13.8 Å². The number of nitrogens with zero attached hydrogens (tertiary/aromatic N) is 2. The van der Waals surface area contributed by atoms with Gasteiger partial charge in [0.25, 0.3) is 0 Å². The van der Waals surface area contributed by atoms with Gasteiger partial charge in [-0.3, -0.25) is 4.98 Å². The highest BCUT2D eigenvalue weighted by Crippen LogP contribution is 2.23. The number of pyridine rings is 1. The molecule has 1 atom stereocenters. The highest BCUT2D eigenvalue weighted by Gasteiger charge is 2.13. The van der Waals surface area contributed by atoms with Crippen LogP contribution in [-0.2, 0) is 6.42 Å². The van der Waals surface area contributed by atoms with E-state index < -0.39 is 6.10 Å². The summed E-state index contributed by atoms with van der Waals surface area (Å²) < 4.78 is 0. The lowest BCUT2D eigenvalue weighted by Gasteiger charge is -2.07. The average molecular weight is 269 g/mol. The van der Waals surface area contributed by atoms with Gasteiger partial charge in [0.2, 0.25) is 0 Å². The normalized spacial score (nSPS) is 12.7. The molecular weight excluding hydrogens is 256 g/mol. The van der Waals surface area contributed by atoms with Gasteiger partial charge in [-0.1, -0.05) is 11.6 Å². The zero-order chi connectivity index (χ0) is 12.4. The number of hydrogen-bond donors (Lipinski definition) is 1. The number of aliphatic hydroxyl groups is 1.